The number of benzene rings is 1. The molecule has 1 unspecified atom stereocenters. The van der Waals surface area contributed by atoms with E-state index in [1.807, 2.05) is 0 Å². The zero-order valence-electron chi connectivity index (χ0n) is 12.0. The molecule has 2 rings (SSSR count). The van der Waals surface area contributed by atoms with Gasteiger partial charge in [0.15, 0.2) is 11.6 Å². The van der Waals surface area contributed by atoms with E-state index >= 15 is 0 Å². The minimum absolute atomic E-state index is 0.277. The van der Waals surface area contributed by atoms with Crippen LogP contribution in [0.4, 0.5) is 8.78 Å². The van der Waals surface area contributed by atoms with E-state index < -0.39 is 23.3 Å². The first kappa shape index (κ1) is 15.4. The Bertz CT molecular complexity index is 454. The smallest absolute Gasteiger partial charge is 0.159 e. The summed E-state index contributed by atoms with van der Waals surface area (Å²) in [6.07, 6.45) is 3.21. The average Bonchev–Trinajstić information content (AvgIpc) is 2.44. The van der Waals surface area contributed by atoms with Gasteiger partial charge in [0.25, 0.3) is 0 Å². The largest absolute Gasteiger partial charge is 0.390 e. The van der Waals surface area contributed by atoms with Gasteiger partial charge in [0.1, 0.15) is 0 Å². The second-order valence-electron chi connectivity index (χ2n) is 5.92. The number of methoxy groups -OCH3 is 1. The molecule has 1 aliphatic carbocycles. The standard InChI is InChI=1S/C16H22F2O2/c1-11-5-7-16(20-2,8-6-11)15(19)10-12-3-4-13(17)14(18)9-12/h3-4,9,11,15,19H,5-8,10H2,1-2H3. The number of halogens is 2. The van der Waals surface area contributed by atoms with Crippen molar-refractivity contribution >= 4 is 0 Å². The van der Waals surface area contributed by atoms with Crippen LogP contribution < -0.4 is 0 Å². The van der Waals surface area contributed by atoms with Crippen molar-refractivity contribution < 1.29 is 18.6 Å². The van der Waals surface area contributed by atoms with Crippen molar-refractivity contribution in [3.8, 4) is 0 Å². The molecule has 20 heavy (non-hydrogen) atoms. The molecule has 1 N–H and O–H groups in total. The van der Waals surface area contributed by atoms with Crippen LogP contribution in [-0.4, -0.2) is 23.9 Å². The maximum atomic E-state index is 13.2. The molecule has 1 aliphatic rings. The molecule has 0 bridgehead atoms. The van der Waals surface area contributed by atoms with E-state index in [0.717, 1.165) is 37.8 Å². The highest BCUT2D eigenvalue weighted by molar-refractivity contribution is 5.19. The first-order chi connectivity index (χ1) is 9.47. The Balaban J connectivity index is 2.09. The zero-order valence-corrected chi connectivity index (χ0v) is 12.0. The fraction of sp³-hybridized carbons (Fsp3) is 0.625. The highest BCUT2D eigenvalue weighted by Gasteiger charge is 2.40. The molecular weight excluding hydrogens is 262 g/mol. The second-order valence-corrected chi connectivity index (χ2v) is 5.92. The van der Waals surface area contributed by atoms with Gasteiger partial charge in [-0.15, -0.1) is 0 Å². The van der Waals surface area contributed by atoms with Crippen molar-refractivity contribution in [3.05, 3.63) is 35.4 Å². The Kier molecular flexibility index (Phi) is 4.76. The summed E-state index contributed by atoms with van der Waals surface area (Å²) in [5.41, 5.74) is 0.0311. The Hall–Kier alpha value is -1.00. The van der Waals surface area contributed by atoms with E-state index in [1.54, 1.807) is 7.11 Å². The molecule has 0 radical (unpaired) electrons. The van der Waals surface area contributed by atoms with Crippen LogP contribution in [0.2, 0.25) is 0 Å². The number of aliphatic hydroxyl groups excluding tert-OH is 1. The molecule has 0 aromatic heterocycles. The second kappa shape index (κ2) is 6.19. The molecule has 0 spiro atoms. The van der Waals surface area contributed by atoms with E-state index in [4.69, 9.17) is 4.74 Å². The third-order valence-corrected chi connectivity index (χ3v) is 4.55. The normalized spacial score (nSPS) is 28.4. The van der Waals surface area contributed by atoms with Crippen LogP contribution >= 0.6 is 0 Å². The summed E-state index contributed by atoms with van der Waals surface area (Å²) in [6.45, 7) is 2.20. The average molecular weight is 284 g/mol. The van der Waals surface area contributed by atoms with E-state index in [0.29, 0.717) is 11.5 Å². The lowest BCUT2D eigenvalue weighted by Gasteiger charge is -2.41. The Morgan fingerprint density at radius 2 is 1.95 bits per heavy atom. The lowest BCUT2D eigenvalue weighted by atomic mass is 9.75. The van der Waals surface area contributed by atoms with Crippen LogP contribution in [0.25, 0.3) is 0 Å². The predicted octanol–water partition coefficient (Wildman–Crippen LogP) is 3.46. The maximum absolute atomic E-state index is 13.2. The fourth-order valence-corrected chi connectivity index (χ4v) is 3.00. The van der Waals surface area contributed by atoms with E-state index in [2.05, 4.69) is 6.92 Å². The predicted molar refractivity (Wildman–Crippen MR) is 73.4 cm³/mol. The van der Waals surface area contributed by atoms with Gasteiger partial charge in [0.2, 0.25) is 0 Å². The quantitative estimate of drug-likeness (QED) is 0.917. The summed E-state index contributed by atoms with van der Waals surface area (Å²) in [5.74, 6) is -1.09. The molecule has 2 nitrogen and oxygen atoms in total. The van der Waals surface area contributed by atoms with Gasteiger partial charge in [-0.3, -0.25) is 0 Å². The number of aliphatic hydroxyl groups is 1. The first-order valence-electron chi connectivity index (χ1n) is 7.14. The summed E-state index contributed by atoms with van der Waals surface area (Å²) in [6, 6.07) is 3.75. The van der Waals surface area contributed by atoms with Crippen LogP contribution in [0, 0.1) is 17.6 Å². The fourth-order valence-electron chi connectivity index (χ4n) is 3.00. The molecule has 0 amide bonds. The van der Waals surface area contributed by atoms with Gasteiger partial charge in [0.05, 0.1) is 11.7 Å². The van der Waals surface area contributed by atoms with Crippen LogP contribution in [0.3, 0.4) is 0 Å². The lowest BCUT2D eigenvalue weighted by Crippen LogP contribution is -2.47. The summed E-state index contributed by atoms with van der Waals surface area (Å²) in [7, 11) is 1.62. The van der Waals surface area contributed by atoms with Gasteiger partial charge in [-0.2, -0.15) is 0 Å². The first-order valence-corrected chi connectivity index (χ1v) is 7.14. The number of rotatable bonds is 4. The Morgan fingerprint density at radius 1 is 1.30 bits per heavy atom. The van der Waals surface area contributed by atoms with Crippen LogP contribution in [0.1, 0.15) is 38.2 Å². The molecule has 0 aliphatic heterocycles. The SMILES string of the molecule is COC1(C(O)Cc2ccc(F)c(F)c2)CCC(C)CC1. The minimum atomic E-state index is -0.876. The Labute approximate surface area is 118 Å². The van der Waals surface area contributed by atoms with Crippen molar-refractivity contribution in [3.63, 3.8) is 0 Å². The molecule has 1 fully saturated rings. The Morgan fingerprint density at radius 3 is 2.50 bits per heavy atom. The van der Waals surface area contributed by atoms with E-state index in [-0.39, 0.29) is 6.42 Å². The van der Waals surface area contributed by atoms with Gasteiger partial charge in [-0.05, 0) is 49.3 Å². The molecule has 1 atom stereocenters. The topological polar surface area (TPSA) is 29.5 Å². The minimum Gasteiger partial charge on any atom is -0.390 e. The summed E-state index contributed by atoms with van der Waals surface area (Å²) in [4.78, 5) is 0. The van der Waals surface area contributed by atoms with Crippen LogP contribution in [-0.2, 0) is 11.2 Å². The molecule has 1 saturated carbocycles. The van der Waals surface area contributed by atoms with Crippen molar-refractivity contribution in [1.82, 2.24) is 0 Å². The van der Waals surface area contributed by atoms with Crippen molar-refractivity contribution in [2.24, 2.45) is 5.92 Å². The van der Waals surface area contributed by atoms with E-state index in [9.17, 15) is 13.9 Å². The molecule has 112 valence electrons. The summed E-state index contributed by atoms with van der Waals surface area (Å²) in [5, 5.41) is 10.5. The van der Waals surface area contributed by atoms with Gasteiger partial charge in [-0.1, -0.05) is 13.0 Å². The van der Waals surface area contributed by atoms with Gasteiger partial charge < -0.3 is 9.84 Å². The highest BCUT2D eigenvalue weighted by Crippen LogP contribution is 2.37. The number of ether oxygens (including phenoxy) is 1. The van der Waals surface area contributed by atoms with E-state index in [1.165, 1.54) is 6.07 Å². The molecular formula is C16H22F2O2. The summed E-state index contributed by atoms with van der Waals surface area (Å²) < 4.78 is 31.7. The van der Waals surface area contributed by atoms with Gasteiger partial charge in [-0.25, -0.2) is 8.78 Å². The van der Waals surface area contributed by atoms with Crippen molar-refractivity contribution in [2.45, 2.75) is 50.7 Å². The monoisotopic (exact) mass is 284 g/mol. The zero-order chi connectivity index (χ0) is 14.8. The maximum Gasteiger partial charge on any atom is 0.159 e. The van der Waals surface area contributed by atoms with Gasteiger partial charge >= 0.3 is 0 Å². The molecule has 0 saturated heterocycles. The molecule has 1 aromatic carbocycles. The highest BCUT2D eigenvalue weighted by atomic mass is 19.2. The van der Waals surface area contributed by atoms with Crippen LogP contribution in [0.15, 0.2) is 18.2 Å². The lowest BCUT2D eigenvalue weighted by molar-refractivity contribution is -0.127. The van der Waals surface area contributed by atoms with Crippen molar-refractivity contribution in [1.29, 1.82) is 0 Å². The van der Waals surface area contributed by atoms with Crippen LogP contribution in [0.5, 0.6) is 0 Å². The molecule has 1 aromatic rings. The molecule has 0 heterocycles. The third kappa shape index (κ3) is 3.18. The van der Waals surface area contributed by atoms with Gasteiger partial charge in [0, 0.05) is 13.5 Å². The number of hydrogen-bond donors (Lipinski definition) is 1. The summed E-state index contributed by atoms with van der Waals surface area (Å²) >= 11 is 0. The van der Waals surface area contributed by atoms with Crippen molar-refractivity contribution in [2.75, 3.05) is 7.11 Å². The third-order valence-electron chi connectivity index (χ3n) is 4.55. The molecule has 4 heteroatoms. The number of hydrogen-bond acceptors (Lipinski definition) is 2.